The highest BCUT2D eigenvalue weighted by Crippen LogP contribution is 2.24. The van der Waals surface area contributed by atoms with E-state index in [-0.39, 0.29) is 33.1 Å². The molecule has 0 saturated heterocycles. The molecule has 7 heteroatoms. The minimum absolute atomic E-state index is 0.192. The van der Waals surface area contributed by atoms with E-state index in [1.54, 1.807) is 13.8 Å². The molecule has 0 aromatic heterocycles. The molecule has 0 heterocycles. The molecule has 2 N–H and O–H groups in total. The lowest BCUT2D eigenvalue weighted by Crippen LogP contribution is -2.19. The van der Waals surface area contributed by atoms with Gasteiger partial charge in [-0.1, -0.05) is 42.5 Å². The van der Waals surface area contributed by atoms with E-state index in [2.05, 4.69) is 0 Å². The smallest absolute Gasteiger partial charge is 0.310 e. The number of hydrogen-bond acceptors (Lipinski definition) is 6. The van der Waals surface area contributed by atoms with Gasteiger partial charge in [0.15, 0.2) is 0 Å². The van der Waals surface area contributed by atoms with Crippen LogP contribution >= 0.6 is 0 Å². The number of aliphatic hydroxyl groups excluding tert-OH is 2. The molecule has 2 aromatic carbocycles. The van der Waals surface area contributed by atoms with Crippen LogP contribution in [0.2, 0.25) is 0 Å². The van der Waals surface area contributed by atoms with Gasteiger partial charge in [0.25, 0.3) is 0 Å². The zero-order chi connectivity index (χ0) is 24.9. The number of carbonyl (C=O) groups excluding carboxylic acids is 2. The Morgan fingerprint density at radius 3 is 1.71 bits per heavy atom. The van der Waals surface area contributed by atoms with Gasteiger partial charge in [-0.3, -0.25) is 14.0 Å². The summed E-state index contributed by atoms with van der Waals surface area (Å²) in [7, 11) is 0. The van der Waals surface area contributed by atoms with Crippen LogP contribution in [0.25, 0.3) is 11.1 Å². The lowest BCUT2D eigenvalue weighted by atomic mass is 9.96. The van der Waals surface area contributed by atoms with Gasteiger partial charge in [0, 0.05) is 12.8 Å². The van der Waals surface area contributed by atoms with Crippen LogP contribution in [-0.2, 0) is 38.3 Å². The first-order valence-corrected chi connectivity index (χ1v) is 11.7. The molecule has 0 aliphatic heterocycles. The highest BCUT2D eigenvalue weighted by atomic mass is 19.1. The van der Waals surface area contributed by atoms with Crippen molar-refractivity contribution in [1.82, 2.24) is 0 Å². The number of rotatable bonds is 14. The number of hydrogen-bond donors (Lipinski definition) is 2. The Morgan fingerprint density at radius 2 is 1.26 bits per heavy atom. The fourth-order valence-electron chi connectivity index (χ4n) is 3.33. The molecule has 2 rings (SSSR count). The molecule has 0 aliphatic carbocycles. The molecular formula is C27H35FO6. The first-order chi connectivity index (χ1) is 16.4. The van der Waals surface area contributed by atoms with Gasteiger partial charge in [-0.05, 0) is 54.5 Å². The first kappa shape index (κ1) is 27.5. The highest BCUT2D eigenvalue weighted by molar-refractivity contribution is 5.72. The predicted molar refractivity (Wildman–Crippen MR) is 128 cm³/mol. The Morgan fingerprint density at radius 1 is 0.765 bits per heavy atom. The highest BCUT2D eigenvalue weighted by Gasteiger charge is 2.14. The van der Waals surface area contributed by atoms with Crippen molar-refractivity contribution in [1.29, 1.82) is 0 Å². The zero-order valence-electron chi connectivity index (χ0n) is 20.0. The van der Waals surface area contributed by atoms with Gasteiger partial charge in [-0.2, -0.15) is 0 Å². The second-order valence-electron chi connectivity index (χ2n) is 8.53. The number of benzene rings is 2. The van der Waals surface area contributed by atoms with Gasteiger partial charge in [-0.15, -0.1) is 0 Å². The molecule has 0 fully saturated rings. The summed E-state index contributed by atoms with van der Waals surface area (Å²) in [5.41, 5.74) is 4.99. The third-order valence-electron chi connectivity index (χ3n) is 5.56. The van der Waals surface area contributed by atoms with Crippen molar-refractivity contribution in [3.8, 4) is 11.1 Å². The number of alkyl halides is 1. The Kier molecular flexibility index (Phi) is 11.7. The Hall–Kier alpha value is -2.77. The average Bonchev–Trinajstić information content (AvgIpc) is 2.86. The van der Waals surface area contributed by atoms with Crippen LogP contribution in [0.15, 0.2) is 42.5 Å². The molecule has 6 nitrogen and oxygen atoms in total. The van der Waals surface area contributed by atoms with E-state index in [0.717, 1.165) is 27.8 Å². The van der Waals surface area contributed by atoms with E-state index in [0.29, 0.717) is 25.7 Å². The Bertz CT molecular complexity index is 866. The van der Waals surface area contributed by atoms with E-state index >= 15 is 0 Å². The lowest BCUT2D eigenvalue weighted by molar-refractivity contribution is -0.150. The van der Waals surface area contributed by atoms with Gasteiger partial charge >= 0.3 is 11.9 Å². The molecule has 0 radical (unpaired) electrons. The topological polar surface area (TPSA) is 93.1 Å². The monoisotopic (exact) mass is 474 g/mol. The first-order valence-electron chi connectivity index (χ1n) is 11.7. The molecule has 0 spiro atoms. The minimum atomic E-state index is -0.561. The van der Waals surface area contributed by atoms with E-state index in [4.69, 9.17) is 19.7 Å². The van der Waals surface area contributed by atoms with Gasteiger partial charge in [0.1, 0.15) is 0 Å². The maximum atomic E-state index is 12.5. The summed E-state index contributed by atoms with van der Waals surface area (Å²) >= 11 is 0. The zero-order valence-corrected chi connectivity index (χ0v) is 20.0. The average molecular weight is 475 g/mol. The molecule has 0 amide bonds. The maximum absolute atomic E-state index is 12.5. The normalized spacial score (nSPS) is 12.7. The van der Waals surface area contributed by atoms with E-state index in [9.17, 15) is 14.0 Å². The molecule has 2 aromatic rings. The fraction of sp³-hybridized carbons (Fsp3) is 0.481. The van der Waals surface area contributed by atoms with Gasteiger partial charge in [0.05, 0.1) is 44.9 Å². The number of aliphatic hydroxyl groups is 2. The van der Waals surface area contributed by atoms with Gasteiger partial charge < -0.3 is 19.7 Å². The molecule has 2 unspecified atom stereocenters. The van der Waals surface area contributed by atoms with Crippen molar-refractivity contribution >= 4 is 11.9 Å². The third kappa shape index (κ3) is 8.88. The summed E-state index contributed by atoms with van der Waals surface area (Å²) < 4.78 is 23.0. The molecule has 2 atom stereocenters. The van der Waals surface area contributed by atoms with Crippen LogP contribution in [0.5, 0.6) is 0 Å². The van der Waals surface area contributed by atoms with Crippen LogP contribution in [0, 0.1) is 11.8 Å². The van der Waals surface area contributed by atoms with Crippen molar-refractivity contribution in [2.24, 2.45) is 11.8 Å². The van der Waals surface area contributed by atoms with Crippen LogP contribution in [0.4, 0.5) is 4.39 Å². The number of carbonyl (C=O) groups is 2. The summed E-state index contributed by atoms with van der Waals surface area (Å²) in [6, 6.07) is 14.0. The van der Waals surface area contributed by atoms with E-state index < -0.39 is 23.8 Å². The second-order valence-corrected chi connectivity index (χ2v) is 8.53. The standard InChI is InChI=1S/C27H35FO6/c1-19(17-29)26(31)33-12-9-22-14-23(10-13-34-27(32)20(2)18-30)16-25(15-22)24-7-5-21(6-8-24)4-3-11-28/h5-8,14-16,19-20,29-30H,3-4,9-13,17-18H2,1-2H3. The SMILES string of the molecule is CC(CO)C(=O)OCCc1cc(CCOC(=O)C(C)CO)cc(-c2ccc(CCCF)cc2)c1. The molecule has 0 bridgehead atoms. The lowest BCUT2D eigenvalue weighted by Gasteiger charge is -2.13. The largest absolute Gasteiger partial charge is 0.465 e. The van der Waals surface area contributed by atoms with Crippen LogP contribution in [-0.4, -0.2) is 55.3 Å². The van der Waals surface area contributed by atoms with Crippen LogP contribution < -0.4 is 0 Å². The van der Waals surface area contributed by atoms with Crippen molar-refractivity contribution in [3.63, 3.8) is 0 Å². The number of ether oxygens (including phenoxy) is 2. The molecule has 0 aliphatic rings. The molecular weight excluding hydrogens is 439 g/mol. The fourth-order valence-corrected chi connectivity index (χ4v) is 3.33. The number of esters is 2. The second kappa shape index (κ2) is 14.5. The van der Waals surface area contributed by atoms with Crippen LogP contribution in [0.1, 0.15) is 37.0 Å². The van der Waals surface area contributed by atoms with Gasteiger partial charge in [-0.25, -0.2) is 0 Å². The minimum Gasteiger partial charge on any atom is -0.465 e. The summed E-state index contributed by atoms with van der Waals surface area (Å²) in [6.07, 6.45) is 2.19. The third-order valence-corrected chi connectivity index (χ3v) is 5.56. The Balaban J connectivity index is 2.15. The van der Waals surface area contributed by atoms with Gasteiger partial charge in [0.2, 0.25) is 0 Å². The number of halogens is 1. The summed E-state index contributed by atoms with van der Waals surface area (Å²) in [6.45, 7) is 2.75. The van der Waals surface area contributed by atoms with Crippen molar-refractivity contribution in [2.75, 3.05) is 33.1 Å². The summed E-state index contributed by atoms with van der Waals surface area (Å²) in [5, 5.41) is 18.2. The van der Waals surface area contributed by atoms with Crippen molar-refractivity contribution in [3.05, 3.63) is 59.2 Å². The quantitative estimate of drug-likeness (QED) is 0.406. The van der Waals surface area contributed by atoms with E-state index in [1.807, 2.05) is 42.5 Å². The maximum Gasteiger partial charge on any atom is 0.310 e. The van der Waals surface area contributed by atoms with E-state index in [1.165, 1.54) is 0 Å². The Labute approximate surface area is 200 Å². The summed E-state index contributed by atoms with van der Waals surface area (Å²) in [5.74, 6) is -2.00. The van der Waals surface area contributed by atoms with Crippen molar-refractivity contribution in [2.45, 2.75) is 39.5 Å². The van der Waals surface area contributed by atoms with Crippen LogP contribution in [0.3, 0.4) is 0 Å². The molecule has 186 valence electrons. The predicted octanol–water partition coefficient (Wildman–Crippen LogP) is 3.68. The summed E-state index contributed by atoms with van der Waals surface area (Å²) in [4.78, 5) is 23.7. The van der Waals surface area contributed by atoms with Crippen molar-refractivity contribution < 1.29 is 33.7 Å². The molecule has 34 heavy (non-hydrogen) atoms. The molecule has 0 saturated carbocycles. The number of aryl methyl sites for hydroxylation is 1.